The molecule has 5 rings (SSSR count). The number of nitriles is 1. The van der Waals surface area contributed by atoms with Crippen molar-refractivity contribution < 1.29 is 14.3 Å². The molecule has 4 bridgehead atoms. The Balaban J connectivity index is 1.30. The predicted octanol–water partition coefficient (Wildman–Crippen LogP) is 3.44. The summed E-state index contributed by atoms with van der Waals surface area (Å²) < 4.78 is 5.15. The molecule has 5 heteroatoms. The minimum atomic E-state index is -0.544. The Labute approximate surface area is 160 Å². The Morgan fingerprint density at radius 3 is 2.22 bits per heavy atom. The number of ether oxygens (including phenoxy) is 1. The summed E-state index contributed by atoms with van der Waals surface area (Å²) in [6.07, 6.45) is 7.81. The molecule has 27 heavy (non-hydrogen) atoms. The van der Waals surface area contributed by atoms with E-state index in [4.69, 9.17) is 10.00 Å². The first kappa shape index (κ1) is 18.0. The highest BCUT2D eigenvalue weighted by atomic mass is 16.5. The van der Waals surface area contributed by atoms with Crippen LogP contribution in [0.15, 0.2) is 24.3 Å². The molecule has 0 spiro atoms. The maximum atomic E-state index is 12.4. The molecule has 0 saturated heterocycles. The maximum absolute atomic E-state index is 12.4. The zero-order valence-corrected chi connectivity index (χ0v) is 15.7. The average Bonchev–Trinajstić information content (AvgIpc) is 2.65. The van der Waals surface area contributed by atoms with Crippen molar-refractivity contribution in [3.63, 3.8) is 0 Å². The fourth-order valence-electron chi connectivity index (χ4n) is 6.04. The fourth-order valence-corrected chi connectivity index (χ4v) is 6.04. The summed E-state index contributed by atoms with van der Waals surface area (Å²) in [5, 5.41) is 11.9. The summed E-state index contributed by atoms with van der Waals surface area (Å²) >= 11 is 0. The van der Waals surface area contributed by atoms with Gasteiger partial charge in [-0.2, -0.15) is 5.26 Å². The van der Waals surface area contributed by atoms with Crippen molar-refractivity contribution in [3.05, 3.63) is 35.4 Å². The molecular weight excluding hydrogens is 340 g/mol. The summed E-state index contributed by atoms with van der Waals surface area (Å²) in [4.78, 5) is 24.4. The van der Waals surface area contributed by atoms with Crippen LogP contribution < -0.4 is 5.32 Å². The molecule has 0 radical (unpaired) electrons. The van der Waals surface area contributed by atoms with Gasteiger partial charge in [0.15, 0.2) is 6.61 Å². The van der Waals surface area contributed by atoms with Gasteiger partial charge in [0.2, 0.25) is 0 Å². The molecule has 0 aliphatic heterocycles. The van der Waals surface area contributed by atoms with Crippen LogP contribution in [0.3, 0.4) is 0 Å². The summed E-state index contributed by atoms with van der Waals surface area (Å²) in [7, 11) is 0. The highest BCUT2D eigenvalue weighted by Crippen LogP contribution is 2.61. The molecule has 4 fully saturated rings. The standard InChI is InChI=1S/C22H26N2O3/c1-14(22-9-16-6-17(10-22)8-18(7-16)11-22)24-20(25)13-27-21(26)19-4-2-15(12-23)3-5-19/h2-5,14,16-18H,6-11,13H2,1H3,(H,24,25)/t14-,16?,17?,18?,22?/m0/s1. The normalized spacial score (nSPS) is 31.8. The summed E-state index contributed by atoms with van der Waals surface area (Å²) in [5.41, 5.74) is 1.06. The number of nitrogens with one attached hydrogen (secondary N) is 1. The van der Waals surface area contributed by atoms with E-state index in [0.717, 1.165) is 17.8 Å². The molecule has 0 unspecified atom stereocenters. The van der Waals surface area contributed by atoms with E-state index in [-0.39, 0.29) is 24.0 Å². The van der Waals surface area contributed by atoms with Crippen LogP contribution in [0.25, 0.3) is 0 Å². The van der Waals surface area contributed by atoms with Gasteiger partial charge < -0.3 is 10.1 Å². The highest BCUT2D eigenvalue weighted by molar-refractivity contribution is 5.91. The van der Waals surface area contributed by atoms with Crippen LogP contribution in [0.5, 0.6) is 0 Å². The molecular formula is C22H26N2O3. The van der Waals surface area contributed by atoms with E-state index in [9.17, 15) is 9.59 Å². The number of carbonyl (C=O) groups is 2. The van der Waals surface area contributed by atoms with E-state index in [2.05, 4.69) is 12.2 Å². The van der Waals surface area contributed by atoms with Gasteiger partial charge in [0.25, 0.3) is 5.91 Å². The largest absolute Gasteiger partial charge is 0.452 e. The van der Waals surface area contributed by atoms with E-state index >= 15 is 0 Å². The monoisotopic (exact) mass is 366 g/mol. The molecule has 1 aromatic rings. The van der Waals surface area contributed by atoms with Crippen molar-refractivity contribution in [1.82, 2.24) is 5.32 Å². The van der Waals surface area contributed by atoms with E-state index in [1.165, 1.54) is 50.7 Å². The second-order valence-electron chi connectivity index (χ2n) is 8.83. The lowest BCUT2D eigenvalue weighted by Crippen LogP contribution is -2.56. The molecule has 1 amide bonds. The molecule has 142 valence electrons. The van der Waals surface area contributed by atoms with Crippen molar-refractivity contribution in [2.24, 2.45) is 23.2 Å². The Bertz CT molecular complexity index is 742. The molecule has 4 saturated carbocycles. The fraction of sp³-hybridized carbons (Fsp3) is 0.591. The van der Waals surface area contributed by atoms with Gasteiger partial charge in [0, 0.05) is 6.04 Å². The Kier molecular flexibility index (Phi) is 4.67. The number of amides is 1. The van der Waals surface area contributed by atoms with Crippen molar-refractivity contribution in [3.8, 4) is 6.07 Å². The number of benzene rings is 1. The summed E-state index contributed by atoms with van der Waals surface area (Å²) in [6.45, 7) is 1.85. The molecule has 1 atom stereocenters. The lowest BCUT2D eigenvalue weighted by Gasteiger charge is -2.59. The quantitative estimate of drug-likeness (QED) is 0.810. The van der Waals surface area contributed by atoms with E-state index in [1.807, 2.05) is 6.07 Å². The minimum Gasteiger partial charge on any atom is -0.452 e. The zero-order chi connectivity index (χ0) is 19.0. The van der Waals surface area contributed by atoms with Gasteiger partial charge in [-0.15, -0.1) is 0 Å². The highest BCUT2D eigenvalue weighted by Gasteiger charge is 2.53. The summed E-state index contributed by atoms with van der Waals surface area (Å²) in [6, 6.07) is 8.32. The van der Waals surface area contributed by atoms with Crippen LogP contribution in [0.4, 0.5) is 0 Å². The van der Waals surface area contributed by atoms with Gasteiger partial charge in [-0.25, -0.2) is 4.79 Å². The number of rotatable bonds is 5. The second-order valence-corrected chi connectivity index (χ2v) is 8.83. The smallest absolute Gasteiger partial charge is 0.338 e. The predicted molar refractivity (Wildman–Crippen MR) is 99.6 cm³/mol. The first-order chi connectivity index (χ1) is 13.0. The van der Waals surface area contributed by atoms with Gasteiger partial charge in [0.1, 0.15) is 0 Å². The minimum absolute atomic E-state index is 0.118. The lowest BCUT2D eigenvalue weighted by atomic mass is 9.48. The SMILES string of the molecule is C[C@H](NC(=O)COC(=O)c1ccc(C#N)cc1)C12CC3CC(CC(C3)C1)C2. The Morgan fingerprint density at radius 2 is 1.70 bits per heavy atom. The van der Waals surface area contributed by atoms with Crippen LogP contribution in [0, 0.1) is 34.5 Å². The third-order valence-corrected chi connectivity index (χ3v) is 6.97. The zero-order valence-electron chi connectivity index (χ0n) is 15.7. The first-order valence-corrected chi connectivity index (χ1v) is 9.94. The van der Waals surface area contributed by atoms with Crippen molar-refractivity contribution >= 4 is 11.9 Å². The molecule has 4 aliphatic carbocycles. The van der Waals surface area contributed by atoms with Gasteiger partial charge in [-0.3, -0.25) is 4.79 Å². The first-order valence-electron chi connectivity index (χ1n) is 9.94. The number of hydrogen-bond donors (Lipinski definition) is 1. The average molecular weight is 366 g/mol. The molecule has 4 aliphatic rings. The van der Waals surface area contributed by atoms with Gasteiger partial charge >= 0.3 is 5.97 Å². The van der Waals surface area contributed by atoms with Gasteiger partial charge in [-0.05, 0) is 92.9 Å². The number of carbonyl (C=O) groups excluding carboxylic acids is 2. The number of hydrogen-bond acceptors (Lipinski definition) is 4. The number of esters is 1. The third-order valence-electron chi connectivity index (χ3n) is 6.97. The molecule has 0 aromatic heterocycles. The molecule has 5 nitrogen and oxygen atoms in total. The second kappa shape index (κ2) is 6.99. The van der Waals surface area contributed by atoms with Crippen LogP contribution in [-0.2, 0) is 9.53 Å². The topological polar surface area (TPSA) is 79.2 Å². The molecule has 1 aromatic carbocycles. The van der Waals surface area contributed by atoms with Crippen molar-refractivity contribution in [2.45, 2.75) is 51.5 Å². The lowest BCUT2D eigenvalue weighted by molar-refractivity contribution is -0.128. The van der Waals surface area contributed by atoms with Gasteiger partial charge in [0.05, 0.1) is 17.2 Å². The van der Waals surface area contributed by atoms with E-state index in [1.54, 1.807) is 12.1 Å². The third kappa shape index (κ3) is 3.58. The molecule has 1 N–H and O–H groups in total. The van der Waals surface area contributed by atoms with E-state index in [0.29, 0.717) is 11.1 Å². The van der Waals surface area contributed by atoms with Crippen LogP contribution in [-0.4, -0.2) is 24.5 Å². The number of nitrogens with zero attached hydrogens (tertiary/aromatic N) is 1. The summed E-state index contributed by atoms with van der Waals surface area (Å²) in [5.74, 6) is 1.73. The van der Waals surface area contributed by atoms with Gasteiger partial charge in [-0.1, -0.05) is 0 Å². The van der Waals surface area contributed by atoms with E-state index < -0.39 is 5.97 Å². The van der Waals surface area contributed by atoms with Crippen LogP contribution >= 0.6 is 0 Å². The maximum Gasteiger partial charge on any atom is 0.338 e. The Morgan fingerprint density at radius 1 is 1.15 bits per heavy atom. The van der Waals surface area contributed by atoms with Crippen LogP contribution in [0.1, 0.15) is 61.4 Å². The van der Waals surface area contributed by atoms with Crippen LogP contribution in [0.2, 0.25) is 0 Å². The Hall–Kier alpha value is -2.35. The van der Waals surface area contributed by atoms with Crippen molar-refractivity contribution in [2.75, 3.05) is 6.61 Å². The molecule has 0 heterocycles. The van der Waals surface area contributed by atoms with Crippen molar-refractivity contribution in [1.29, 1.82) is 5.26 Å².